The van der Waals surface area contributed by atoms with E-state index in [4.69, 9.17) is 0 Å². The van der Waals surface area contributed by atoms with Gasteiger partial charge in [0, 0.05) is 5.57 Å². The molecule has 1 heterocycles. The second kappa shape index (κ2) is 3.03. The molecular weight excluding hydrogens is 168 g/mol. The summed E-state index contributed by atoms with van der Waals surface area (Å²) in [6, 6.07) is 9.18. The summed E-state index contributed by atoms with van der Waals surface area (Å²) in [6.45, 7) is 0. The van der Waals surface area contributed by atoms with E-state index in [2.05, 4.69) is 4.74 Å². The highest BCUT2D eigenvalue weighted by Crippen LogP contribution is 2.23. The van der Waals surface area contributed by atoms with Gasteiger partial charge in [-0.3, -0.25) is 0 Å². The fourth-order valence-corrected chi connectivity index (χ4v) is 1.23. The molecule has 0 saturated heterocycles. The highest BCUT2D eigenvalue weighted by Gasteiger charge is 2.28. The van der Waals surface area contributed by atoms with Crippen molar-refractivity contribution in [2.24, 2.45) is 0 Å². The zero-order valence-electron chi connectivity index (χ0n) is 6.81. The standard InChI is InChI=1S/C10H8O3/c11-9-8(6-13-10(9)12)7-4-2-1-3-5-7/h1-6,9,11H. The highest BCUT2D eigenvalue weighted by atomic mass is 16.5. The number of cyclic esters (lactones) is 1. The number of aliphatic hydroxyl groups is 1. The van der Waals surface area contributed by atoms with E-state index in [-0.39, 0.29) is 0 Å². The van der Waals surface area contributed by atoms with E-state index in [1.807, 2.05) is 30.3 Å². The number of aliphatic hydroxyl groups excluding tert-OH is 1. The quantitative estimate of drug-likeness (QED) is 0.648. The van der Waals surface area contributed by atoms with Gasteiger partial charge in [-0.1, -0.05) is 30.3 Å². The van der Waals surface area contributed by atoms with E-state index < -0.39 is 12.1 Å². The molecule has 0 fully saturated rings. The van der Waals surface area contributed by atoms with Crippen molar-refractivity contribution < 1.29 is 14.6 Å². The smallest absolute Gasteiger partial charge is 0.344 e. The van der Waals surface area contributed by atoms with E-state index in [1.54, 1.807) is 0 Å². The molecule has 3 nitrogen and oxygen atoms in total. The van der Waals surface area contributed by atoms with Crippen LogP contribution in [0.2, 0.25) is 0 Å². The van der Waals surface area contributed by atoms with Crippen LogP contribution in [-0.4, -0.2) is 17.2 Å². The molecule has 3 heteroatoms. The van der Waals surface area contributed by atoms with Crippen LogP contribution in [0.1, 0.15) is 5.56 Å². The summed E-state index contributed by atoms with van der Waals surface area (Å²) in [7, 11) is 0. The van der Waals surface area contributed by atoms with Gasteiger partial charge in [-0.25, -0.2) is 4.79 Å². The van der Waals surface area contributed by atoms with Crippen LogP contribution in [0, 0.1) is 0 Å². The number of carbonyl (C=O) groups excluding carboxylic acids is 1. The molecule has 0 saturated carbocycles. The average molecular weight is 176 g/mol. The Labute approximate surface area is 75.3 Å². The van der Waals surface area contributed by atoms with Crippen molar-refractivity contribution in [3.05, 3.63) is 42.2 Å². The summed E-state index contributed by atoms with van der Waals surface area (Å²) in [5.41, 5.74) is 1.33. The van der Waals surface area contributed by atoms with Gasteiger partial charge in [0.1, 0.15) is 6.26 Å². The lowest BCUT2D eigenvalue weighted by Crippen LogP contribution is -2.16. The van der Waals surface area contributed by atoms with Crippen molar-refractivity contribution in [2.75, 3.05) is 0 Å². The molecule has 1 atom stereocenters. The normalized spacial score (nSPS) is 21.2. The van der Waals surface area contributed by atoms with Crippen LogP contribution >= 0.6 is 0 Å². The van der Waals surface area contributed by atoms with Crippen molar-refractivity contribution in [3.63, 3.8) is 0 Å². The van der Waals surface area contributed by atoms with Gasteiger partial charge in [-0.2, -0.15) is 0 Å². The van der Waals surface area contributed by atoms with Gasteiger partial charge in [0.05, 0.1) is 0 Å². The van der Waals surface area contributed by atoms with Crippen LogP contribution in [0.4, 0.5) is 0 Å². The molecule has 1 aliphatic heterocycles. The molecule has 66 valence electrons. The first-order valence-electron chi connectivity index (χ1n) is 3.93. The van der Waals surface area contributed by atoms with E-state index in [1.165, 1.54) is 6.26 Å². The van der Waals surface area contributed by atoms with Crippen molar-refractivity contribution in [1.29, 1.82) is 0 Å². The maximum atomic E-state index is 10.8. The highest BCUT2D eigenvalue weighted by molar-refractivity contribution is 5.95. The third kappa shape index (κ3) is 1.34. The Morgan fingerprint density at radius 2 is 1.92 bits per heavy atom. The van der Waals surface area contributed by atoms with E-state index in [0.29, 0.717) is 5.57 Å². The number of hydrogen-bond acceptors (Lipinski definition) is 3. The second-order valence-electron chi connectivity index (χ2n) is 2.78. The summed E-state index contributed by atoms with van der Waals surface area (Å²) >= 11 is 0. The Hall–Kier alpha value is -1.61. The van der Waals surface area contributed by atoms with Gasteiger partial charge in [-0.15, -0.1) is 0 Å². The number of hydrogen-bond donors (Lipinski definition) is 1. The van der Waals surface area contributed by atoms with E-state index in [9.17, 15) is 9.90 Å². The first-order valence-corrected chi connectivity index (χ1v) is 3.93. The number of rotatable bonds is 1. The van der Waals surface area contributed by atoms with E-state index in [0.717, 1.165) is 5.56 Å². The zero-order chi connectivity index (χ0) is 9.26. The Kier molecular flexibility index (Phi) is 1.87. The fraction of sp³-hybridized carbons (Fsp3) is 0.100. The summed E-state index contributed by atoms with van der Waals surface area (Å²) in [6.07, 6.45) is 0.157. The van der Waals surface area contributed by atoms with Crippen LogP contribution < -0.4 is 0 Å². The van der Waals surface area contributed by atoms with Crippen molar-refractivity contribution in [1.82, 2.24) is 0 Å². The monoisotopic (exact) mass is 176 g/mol. The maximum Gasteiger partial charge on any atom is 0.344 e. The first kappa shape index (κ1) is 8.01. The van der Waals surface area contributed by atoms with Crippen LogP contribution in [0.25, 0.3) is 5.57 Å². The molecule has 0 bridgehead atoms. The third-order valence-electron chi connectivity index (χ3n) is 1.93. The summed E-state index contributed by atoms with van der Waals surface area (Å²) in [4.78, 5) is 10.8. The van der Waals surface area contributed by atoms with Gasteiger partial charge in [-0.05, 0) is 5.56 Å². The molecule has 1 aliphatic rings. The average Bonchev–Trinajstić information content (AvgIpc) is 2.49. The summed E-state index contributed by atoms with van der Waals surface area (Å²) in [5.74, 6) is -0.612. The number of esters is 1. The number of benzene rings is 1. The molecule has 0 spiro atoms. The maximum absolute atomic E-state index is 10.8. The first-order chi connectivity index (χ1) is 6.29. The lowest BCUT2D eigenvalue weighted by Gasteiger charge is -2.03. The predicted molar refractivity (Wildman–Crippen MR) is 46.5 cm³/mol. The Balaban J connectivity index is 2.34. The Morgan fingerprint density at radius 3 is 2.46 bits per heavy atom. The van der Waals surface area contributed by atoms with Crippen LogP contribution in [0.3, 0.4) is 0 Å². The van der Waals surface area contributed by atoms with Crippen molar-refractivity contribution >= 4 is 11.5 Å². The molecule has 0 aromatic heterocycles. The summed E-state index contributed by atoms with van der Waals surface area (Å²) in [5, 5.41) is 9.37. The minimum Gasteiger partial charge on any atom is -0.432 e. The SMILES string of the molecule is O=C1OC=C(c2ccccc2)C1O. The molecule has 2 rings (SSSR count). The van der Waals surface area contributed by atoms with Gasteiger partial charge in [0.25, 0.3) is 0 Å². The van der Waals surface area contributed by atoms with Gasteiger partial charge in [0.2, 0.25) is 0 Å². The predicted octanol–water partition coefficient (Wildman–Crippen LogP) is 0.945. The topological polar surface area (TPSA) is 46.5 Å². The molecule has 13 heavy (non-hydrogen) atoms. The van der Waals surface area contributed by atoms with Gasteiger partial charge < -0.3 is 9.84 Å². The molecule has 1 unspecified atom stereocenters. The zero-order valence-corrected chi connectivity index (χ0v) is 6.81. The van der Waals surface area contributed by atoms with Crippen molar-refractivity contribution in [2.45, 2.75) is 6.10 Å². The minimum atomic E-state index is -1.14. The Morgan fingerprint density at radius 1 is 1.23 bits per heavy atom. The molecule has 0 radical (unpaired) electrons. The summed E-state index contributed by atoms with van der Waals surface area (Å²) < 4.78 is 4.58. The molecule has 1 aromatic carbocycles. The van der Waals surface area contributed by atoms with Crippen molar-refractivity contribution in [3.8, 4) is 0 Å². The molecule has 0 aliphatic carbocycles. The minimum absolute atomic E-state index is 0.519. The van der Waals surface area contributed by atoms with E-state index >= 15 is 0 Å². The molecule has 1 aromatic rings. The molecular formula is C10H8O3. The van der Waals surface area contributed by atoms with Crippen LogP contribution in [0.5, 0.6) is 0 Å². The third-order valence-corrected chi connectivity index (χ3v) is 1.93. The number of carbonyl (C=O) groups is 1. The molecule has 0 amide bonds. The van der Waals surface area contributed by atoms with Gasteiger partial charge in [0.15, 0.2) is 6.10 Å². The lowest BCUT2D eigenvalue weighted by molar-refractivity contribution is -0.142. The van der Waals surface area contributed by atoms with Gasteiger partial charge >= 0.3 is 5.97 Å². The van der Waals surface area contributed by atoms with Crippen LogP contribution in [0.15, 0.2) is 36.6 Å². The lowest BCUT2D eigenvalue weighted by atomic mass is 10.0. The van der Waals surface area contributed by atoms with Crippen LogP contribution in [-0.2, 0) is 9.53 Å². The largest absolute Gasteiger partial charge is 0.432 e. The second-order valence-corrected chi connectivity index (χ2v) is 2.78. The fourth-order valence-electron chi connectivity index (χ4n) is 1.23. The number of ether oxygens (including phenoxy) is 1. The Bertz CT molecular complexity index is 354. The molecule has 1 N–H and O–H groups in total.